The van der Waals surface area contributed by atoms with Gasteiger partial charge in [-0.3, -0.25) is 9.29 Å². The number of aromatic hydroxyl groups is 1. The monoisotopic (exact) mass is 517 g/mol. The molecule has 0 bridgehead atoms. The van der Waals surface area contributed by atoms with Gasteiger partial charge in [-0.2, -0.15) is 0 Å². The van der Waals surface area contributed by atoms with E-state index < -0.39 is 21.4 Å². The molecule has 1 saturated heterocycles. The van der Waals surface area contributed by atoms with Gasteiger partial charge in [-0.25, -0.2) is 13.4 Å². The molecular weight excluding hydrogens is 490 g/mol. The number of hydrogen-bond acceptors (Lipinski definition) is 10. The molecule has 0 amide bonds. The molecule has 0 spiro atoms. The highest BCUT2D eigenvalue weighted by Crippen LogP contribution is 2.36. The average molecular weight is 518 g/mol. The van der Waals surface area contributed by atoms with Gasteiger partial charge in [0, 0.05) is 13.2 Å². The quantitative estimate of drug-likeness (QED) is 0.442. The van der Waals surface area contributed by atoms with Crippen LogP contribution in [0.5, 0.6) is 11.5 Å². The van der Waals surface area contributed by atoms with E-state index in [4.69, 9.17) is 14.2 Å². The molecule has 2 aliphatic heterocycles. The molecule has 192 valence electrons. The fourth-order valence-corrected chi connectivity index (χ4v) is 5.17. The van der Waals surface area contributed by atoms with E-state index in [-0.39, 0.29) is 46.5 Å². The van der Waals surface area contributed by atoms with Crippen molar-refractivity contribution in [2.75, 3.05) is 32.2 Å². The third-order valence-electron chi connectivity index (χ3n) is 6.07. The third-order valence-corrected chi connectivity index (χ3v) is 7.79. The summed E-state index contributed by atoms with van der Waals surface area (Å²) in [6.07, 6.45) is 1.47. The Kier molecular flexibility index (Phi) is 7.48. The van der Waals surface area contributed by atoms with Crippen LogP contribution in [0.4, 0.5) is 5.95 Å². The zero-order valence-electron chi connectivity index (χ0n) is 20.0. The number of aliphatic hydroxyl groups excluding tert-OH is 1. The first-order chi connectivity index (χ1) is 17.3. The first-order valence-corrected chi connectivity index (χ1v) is 12.8. The standard InChI is InChI=1S/C23H27N5O7S/c1-14(21(30)15-10-12-35-13-11-15)36(31,32)27-23-26-25-22(16-6-4-9-19(24-16)34-3)28(23)20-17(29)7-5-8-18(20)33-2/h5,7-9,14-15,21,29-30H,10-13H2,1-3H3,(H,26,27)/t14-,21-/m1/s1. The number of methoxy groups -OCH3 is 2. The molecule has 0 aliphatic carbocycles. The van der Waals surface area contributed by atoms with Gasteiger partial charge in [0.05, 0.1) is 26.4 Å². The number of phenols is 1. The van der Waals surface area contributed by atoms with E-state index >= 15 is 0 Å². The molecule has 0 unspecified atom stereocenters. The van der Waals surface area contributed by atoms with Gasteiger partial charge in [-0.15, -0.1) is 10.2 Å². The lowest BCUT2D eigenvalue weighted by Gasteiger charge is -2.30. The number of rotatable bonds is 8. The number of aromatic nitrogens is 3. The first kappa shape index (κ1) is 25.5. The lowest BCUT2D eigenvalue weighted by Crippen LogP contribution is -2.42. The van der Waals surface area contributed by atoms with Crippen molar-refractivity contribution in [3.63, 3.8) is 0 Å². The van der Waals surface area contributed by atoms with Crippen LogP contribution in [-0.4, -0.2) is 78.1 Å². The van der Waals surface area contributed by atoms with Gasteiger partial charge in [0.1, 0.15) is 22.4 Å². The van der Waals surface area contributed by atoms with Crippen LogP contribution < -0.4 is 9.46 Å². The number of phenolic OH excluding ortho intramolecular Hbond substituents is 1. The summed E-state index contributed by atoms with van der Waals surface area (Å²) in [7, 11) is -1.32. The maximum absolute atomic E-state index is 13.3. The van der Waals surface area contributed by atoms with Crippen molar-refractivity contribution in [1.29, 1.82) is 0 Å². The summed E-state index contributed by atoms with van der Waals surface area (Å²) in [4.78, 5) is 4.28. The number of para-hydroxylation sites is 1. The van der Waals surface area contributed by atoms with Crippen molar-refractivity contribution in [3.05, 3.63) is 41.6 Å². The van der Waals surface area contributed by atoms with Crippen molar-refractivity contribution in [3.8, 4) is 17.2 Å². The van der Waals surface area contributed by atoms with E-state index in [9.17, 15) is 18.6 Å². The lowest BCUT2D eigenvalue weighted by molar-refractivity contribution is 0.00820. The molecular formula is C23H27N5O7S. The molecule has 0 radical (unpaired) electrons. The van der Waals surface area contributed by atoms with Gasteiger partial charge in [-0.05, 0) is 43.5 Å². The zero-order valence-corrected chi connectivity index (χ0v) is 20.8. The van der Waals surface area contributed by atoms with E-state index in [2.05, 4.69) is 31.4 Å². The maximum atomic E-state index is 13.3. The van der Waals surface area contributed by atoms with Crippen LogP contribution in [-0.2, 0) is 19.5 Å². The van der Waals surface area contributed by atoms with Crippen molar-refractivity contribution in [2.24, 2.45) is 10.9 Å². The molecule has 2 atom stereocenters. The Labute approximate surface area is 208 Å². The Hall–Kier alpha value is -3.60. The number of hydrogen-bond donors (Lipinski definition) is 3. The summed E-state index contributed by atoms with van der Waals surface area (Å²) in [5, 5.41) is 28.5. The van der Waals surface area contributed by atoms with Crippen molar-refractivity contribution < 1.29 is 32.8 Å². The van der Waals surface area contributed by atoms with E-state index in [1.165, 1.54) is 37.9 Å². The second kappa shape index (κ2) is 10.6. The van der Waals surface area contributed by atoms with Crippen molar-refractivity contribution in [2.45, 2.75) is 31.1 Å². The Morgan fingerprint density at radius 3 is 2.67 bits per heavy atom. The minimum atomic E-state index is -4.16. The van der Waals surface area contributed by atoms with E-state index in [0.29, 0.717) is 26.1 Å². The minimum absolute atomic E-state index is 0.0419. The van der Waals surface area contributed by atoms with Gasteiger partial charge in [0.15, 0.2) is 11.5 Å². The second-order valence-corrected chi connectivity index (χ2v) is 10.3. The van der Waals surface area contributed by atoms with Crippen LogP contribution in [0.2, 0.25) is 0 Å². The predicted molar refractivity (Wildman–Crippen MR) is 131 cm³/mol. The van der Waals surface area contributed by atoms with Crippen LogP contribution in [0.15, 0.2) is 40.7 Å². The number of sulfonamides is 1. The molecule has 36 heavy (non-hydrogen) atoms. The number of nitrogens with zero attached hydrogens (tertiary/aromatic N) is 4. The highest BCUT2D eigenvalue weighted by Gasteiger charge is 2.36. The van der Waals surface area contributed by atoms with Crippen LogP contribution >= 0.6 is 0 Å². The summed E-state index contributed by atoms with van der Waals surface area (Å²) >= 11 is 0. The molecule has 0 saturated carbocycles. The molecule has 3 N–H and O–H groups in total. The highest BCUT2D eigenvalue weighted by atomic mass is 32.2. The predicted octanol–water partition coefficient (Wildman–Crippen LogP) is 1.61. The smallest absolute Gasteiger partial charge is 0.243 e. The normalized spacial score (nSPS) is 17.8. The molecule has 13 heteroatoms. The maximum Gasteiger partial charge on any atom is 0.243 e. The molecule has 1 fully saturated rings. The van der Waals surface area contributed by atoms with Crippen molar-refractivity contribution >= 4 is 27.6 Å². The number of nitrogens with one attached hydrogen (secondary N) is 1. The molecule has 4 rings (SSSR count). The van der Waals surface area contributed by atoms with Crippen LogP contribution in [0.3, 0.4) is 0 Å². The van der Waals surface area contributed by atoms with Crippen LogP contribution in [0, 0.1) is 5.92 Å². The Morgan fingerprint density at radius 2 is 1.97 bits per heavy atom. The van der Waals surface area contributed by atoms with Crippen molar-refractivity contribution in [1.82, 2.24) is 14.8 Å². The first-order valence-electron chi connectivity index (χ1n) is 11.2. The number of anilines is 1. The van der Waals surface area contributed by atoms with Gasteiger partial charge >= 0.3 is 0 Å². The highest BCUT2D eigenvalue weighted by molar-refractivity contribution is 7.93. The fourth-order valence-electron chi connectivity index (χ4n) is 4.01. The molecule has 12 nitrogen and oxygen atoms in total. The van der Waals surface area contributed by atoms with E-state index in [1.807, 2.05) is 0 Å². The Balaban J connectivity index is 1.79. The van der Waals surface area contributed by atoms with E-state index in [0.717, 1.165) is 0 Å². The van der Waals surface area contributed by atoms with E-state index in [1.54, 1.807) is 12.1 Å². The molecule has 1 aromatic carbocycles. The number of benzene rings is 1. The number of ether oxygens (including phenoxy) is 3. The van der Waals surface area contributed by atoms with Gasteiger partial charge in [0.2, 0.25) is 21.9 Å². The average Bonchev–Trinajstić information content (AvgIpc) is 3.30. The summed E-state index contributed by atoms with van der Waals surface area (Å²) in [6.45, 7) is 2.36. The lowest BCUT2D eigenvalue weighted by atomic mass is 9.92. The third kappa shape index (κ3) is 5.01. The SMILES string of the molecule is COC1=NC(c2nnc(NS(=O)(=O)[C@H](C)[C@@H](O)C3CCOCC3)n2-c2c(O)cccc2OC)=C=C=C1. The number of aliphatic hydroxyl groups is 1. The summed E-state index contributed by atoms with van der Waals surface area (Å²) < 4.78 is 46.2. The summed E-state index contributed by atoms with van der Waals surface area (Å²) in [5.74, 6) is -0.202. The summed E-state index contributed by atoms with van der Waals surface area (Å²) in [5.41, 5.74) is 5.76. The fraction of sp³-hybridized carbons (Fsp3) is 0.435. The van der Waals surface area contributed by atoms with Gasteiger partial charge in [-0.1, -0.05) is 11.8 Å². The second-order valence-electron chi connectivity index (χ2n) is 8.22. The summed E-state index contributed by atoms with van der Waals surface area (Å²) in [6, 6.07) is 4.57. The van der Waals surface area contributed by atoms with Gasteiger partial charge in [0.25, 0.3) is 0 Å². The zero-order chi connectivity index (χ0) is 25.9. The number of aliphatic imine (C=N–C) groups is 1. The van der Waals surface area contributed by atoms with Gasteiger partial charge < -0.3 is 24.4 Å². The molecule has 2 aromatic rings. The van der Waals surface area contributed by atoms with Crippen LogP contribution in [0.25, 0.3) is 11.4 Å². The molecule has 3 heterocycles. The Bertz CT molecular complexity index is 1370. The molecule has 1 aromatic heterocycles. The minimum Gasteiger partial charge on any atom is -0.506 e. The Morgan fingerprint density at radius 1 is 1.22 bits per heavy atom. The topological polar surface area (TPSA) is 157 Å². The van der Waals surface area contributed by atoms with Crippen LogP contribution in [0.1, 0.15) is 25.6 Å². The molecule has 2 aliphatic rings. The largest absolute Gasteiger partial charge is 0.506 e.